The van der Waals surface area contributed by atoms with Gasteiger partial charge in [-0.1, -0.05) is 12.2 Å². The molecule has 0 radical (unpaired) electrons. The van der Waals surface area contributed by atoms with Crippen molar-refractivity contribution in [2.24, 2.45) is 11.8 Å². The molecule has 156 valence electrons. The SMILES string of the molecule is CCn1c(C)nc2cc(C(=O)NNC(=O)CN3C(=O)[C@H]4CC=CC[C@@H]4C3=O)ccc21. The van der Waals surface area contributed by atoms with Crippen LogP contribution in [0.25, 0.3) is 11.0 Å². The van der Waals surface area contributed by atoms with Crippen molar-refractivity contribution in [2.75, 3.05) is 6.54 Å². The van der Waals surface area contributed by atoms with Gasteiger partial charge in [0.1, 0.15) is 12.4 Å². The molecule has 30 heavy (non-hydrogen) atoms. The van der Waals surface area contributed by atoms with Gasteiger partial charge in [0.15, 0.2) is 0 Å². The molecule has 0 spiro atoms. The molecule has 2 atom stereocenters. The van der Waals surface area contributed by atoms with Crippen molar-refractivity contribution < 1.29 is 19.2 Å². The Bertz CT molecular complexity index is 1060. The lowest BCUT2D eigenvalue weighted by Crippen LogP contribution is -2.47. The monoisotopic (exact) mass is 409 g/mol. The second-order valence-electron chi connectivity index (χ2n) is 7.53. The number of imidazole rings is 1. The number of benzene rings is 1. The third-order valence-electron chi connectivity index (χ3n) is 5.73. The first-order valence-corrected chi connectivity index (χ1v) is 9.97. The fourth-order valence-electron chi connectivity index (χ4n) is 4.20. The maximum Gasteiger partial charge on any atom is 0.269 e. The number of imide groups is 1. The summed E-state index contributed by atoms with van der Waals surface area (Å²) in [5.74, 6) is -1.72. The average molecular weight is 409 g/mol. The zero-order valence-electron chi connectivity index (χ0n) is 16.8. The zero-order valence-corrected chi connectivity index (χ0v) is 16.8. The summed E-state index contributed by atoms with van der Waals surface area (Å²) in [4.78, 5) is 54.9. The first-order chi connectivity index (χ1) is 14.4. The van der Waals surface area contributed by atoms with Gasteiger partial charge in [-0.3, -0.25) is 34.9 Å². The lowest BCUT2D eigenvalue weighted by atomic mass is 9.85. The Morgan fingerprint density at radius 3 is 2.40 bits per heavy atom. The van der Waals surface area contributed by atoms with Gasteiger partial charge in [0, 0.05) is 12.1 Å². The highest BCUT2D eigenvalue weighted by Gasteiger charge is 2.47. The largest absolute Gasteiger partial charge is 0.329 e. The van der Waals surface area contributed by atoms with Gasteiger partial charge in [-0.15, -0.1) is 0 Å². The number of allylic oxidation sites excluding steroid dienone is 2. The first-order valence-electron chi connectivity index (χ1n) is 9.97. The lowest BCUT2D eigenvalue weighted by Gasteiger charge is -2.14. The van der Waals surface area contributed by atoms with E-state index < -0.39 is 18.4 Å². The quantitative estimate of drug-likeness (QED) is 0.446. The molecular weight excluding hydrogens is 386 g/mol. The number of fused-ring (bicyclic) bond motifs is 2. The molecular formula is C21H23N5O4. The number of aryl methyl sites for hydroxylation is 2. The number of hydrogen-bond donors (Lipinski definition) is 2. The van der Waals surface area contributed by atoms with Crippen LogP contribution in [0.2, 0.25) is 0 Å². The minimum Gasteiger partial charge on any atom is -0.329 e. The Balaban J connectivity index is 1.37. The standard InChI is InChI=1S/C21H23N5O4/c1-3-25-12(2)22-16-10-13(8-9-17(16)25)19(28)24-23-18(27)11-26-20(29)14-6-4-5-7-15(14)21(26)30/h4-5,8-10,14-15H,3,6-7,11H2,1-2H3,(H,23,27)(H,24,28)/t14-,15-/m0/s1. The lowest BCUT2D eigenvalue weighted by molar-refractivity contribution is -0.143. The van der Waals surface area contributed by atoms with E-state index in [9.17, 15) is 19.2 Å². The fraction of sp³-hybridized carbons (Fsp3) is 0.381. The molecule has 1 saturated heterocycles. The van der Waals surface area contributed by atoms with Crippen LogP contribution in [-0.2, 0) is 20.9 Å². The van der Waals surface area contributed by atoms with Crippen LogP contribution in [0, 0.1) is 18.8 Å². The van der Waals surface area contributed by atoms with Crippen LogP contribution in [0.15, 0.2) is 30.4 Å². The van der Waals surface area contributed by atoms with Gasteiger partial charge < -0.3 is 4.57 Å². The summed E-state index contributed by atoms with van der Waals surface area (Å²) in [5, 5.41) is 0. The van der Waals surface area contributed by atoms with Crippen LogP contribution < -0.4 is 10.9 Å². The molecule has 1 aromatic carbocycles. The van der Waals surface area contributed by atoms with E-state index in [1.165, 1.54) is 0 Å². The molecule has 2 aromatic rings. The summed E-state index contributed by atoms with van der Waals surface area (Å²) in [5.41, 5.74) is 6.57. The van der Waals surface area contributed by atoms with Crippen molar-refractivity contribution in [3.05, 3.63) is 41.7 Å². The van der Waals surface area contributed by atoms with Crippen molar-refractivity contribution in [1.29, 1.82) is 0 Å². The molecule has 4 amide bonds. The van der Waals surface area contributed by atoms with E-state index in [1.807, 2.05) is 36.6 Å². The first kappa shape index (κ1) is 19.8. The minimum atomic E-state index is -0.635. The highest BCUT2D eigenvalue weighted by molar-refractivity contribution is 6.07. The van der Waals surface area contributed by atoms with E-state index >= 15 is 0 Å². The molecule has 2 N–H and O–H groups in total. The van der Waals surface area contributed by atoms with Crippen LogP contribution in [0.4, 0.5) is 0 Å². The number of hydrogen-bond acceptors (Lipinski definition) is 5. The van der Waals surface area contributed by atoms with Gasteiger partial charge in [0.05, 0.1) is 22.9 Å². The molecule has 0 unspecified atom stereocenters. The second kappa shape index (κ2) is 7.74. The predicted octanol–water partition coefficient (Wildman–Crippen LogP) is 1.08. The van der Waals surface area contributed by atoms with Gasteiger partial charge in [-0.2, -0.15) is 0 Å². The van der Waals surface area contributed by atoms with Crippen molar-refractivity contribution in [3.63, 3.8) is 0 Å². The summed E-state index contributed by atoms with van der Waals surface area (Å²) in [6.07, 6.45) is 4.80. The minimum absolute atomic E-state index is 0.330. The number of rotatable bonds is 4. The fourth-order valence-corrected chi connectivity index (χ4v) is 4.20. The Morgan fingerprint density at radius 1 is 1.10 bits per heavy atom. The third-order valence-corrected chi connectivity index (χ3v) is 5.73. The van der Waals surface area contributed by atoms with E-state index in [4.69, 9.17) is 0 Å². The van der Waals surface area contributed by atoms with E-state index in [2.05, 4.69) is 15.8 Å². The average Bonchev–Trinajstić information content (AvgIpc) is 3.19. The normalized spacial score (nSPS) is 20.5. The smallest absolute Gasteiger partial charge is 0.269 e. The predicted molar refractivity (Wildman–Crippen MR) is 108 cm³/mol. The number of amides is 4. The number of aromatic nitrogens is 2. The number of carbonyl (C=O) groups excluding carboxylic acids is 4. The van der Waals surface area contributed by atoms with Gasteiger partial charge in [-0.25, -0.2) is 4.98 Å². The Labute approximate surface area is 173 Å². The van der Waals surface area contributed by atoms with Gasteiger partial charge in [0.25, 0.3) is 11.8 Å². The molecule has 0 bridgehead atoms. The van der Waals surface area contributed by atoms with Crippen molar-refractivity contribution in [1.82, 2.24) is 25.3 Å². The van der Waals surface area contributed by atoms with Gasteiger partial charge >= 0.3 is 0 Å². The number of nitrogens with one attached hydrogen (secondary N) is 2. The maximum absolute atomic E-state index is 12.4. The number of hydrazine groups is 1. The Hall–Kier alpha value is -3.49. The molecule has 0 saturated carbocycles. The van der Waals surface area contributed by atoms with Crippen molar-refractivity contribution in [2.45, 2.75) is 33.2 Å². The number of likely N-dealkylation sites (tertiary alicyclic amines) is 1. The summed E-state index contributed by atoms with van der Waals surface area (Å²) >= 11 is 0. The highest BCUT2D eigenvalue weighted by Crippen LogP contribution is 2.34. The Morgan fingerprint density at radius 2 is 1.77 bits per heavy atom. The zero-order chi connectivity index (χ0) is 21.4. The summed E-state index contributed by atoms with van der Waals surface area (Å²) < 4.78 is 2.04. The molecule has 1 aliphatic carbocycles. The molecule has 9 heteroatoms. The van der Waals surface area contributed by atoms with Crippen LogP contribution in [0.3, 0.4) is 0 Å². The van der Waals surface area contributed by atoms with Gasteiger partial charge in [0.2, 0.25) is 11.8 Å². The summed E-state index contributed by atoms with van der Waals surface area (Å²) in [6.45, 7) is 4.28. The molecule has 2 heterocycles. The molecule has 4 rings (SSSR count). The van der Waals surface area contributed by atoms with E-state index in [0.717, 1.165) is 22.8 Å². The number of nitrogens with zero attached hydrogens (tertiary/aromatic N) is 3. The van der Waals surface area contributed by atoms with Crippen molar-refractivity contribution >= 4 is 34.7 Å². The van der Waals surface area contributed by atoms with E-state index in [-0.39, 0.29) is 23.7 Å². The highest BCUT2D eigenvalue weighted by atomic mass is 16.2. The van der Waals surface area contributed by atoms with E-state index in [1.54, 1.807) is 12.1 Å². The Kier molecular flexibility index (Phi) is 5.11. The van der Waals surface area contributed by atoms with Crippen molar-refractivity contribution in [3.8, 4) is 0 Å². The third kappa shape index (κ3) is 3.36. The van der Waals surface area contributed by atoms with Gasteiger partial charge in [-0.05, 0) is 44.9 Å². The molecule has 9 nitrogen and oxygen atoms in total. The van der Waals surface area contributed by atoms with Crippen LogP contribution in [0.5, 0.6) is 0 Å². The summed E-state index contributed by atoms with van der Waals surface area (Å²) in [6, 6.07) is 5.12. The van der Waals surface area contributed by atoms with Crippen LogP contribution in [-0.4, -0.2) is 44.6 Å². The topological polar surface area (TPSA) is 113 Å². The summed E-state index contributed by atoms with van der Waals surface area (Å²) in [7, 11) is 0. The second-order valence-corrected chi connectivity index (χ2v) is 7.53. The molecule has 1 fully saturated rings. The van der Waals surface area contributed by atoms with Crippen LogP contribution >= 0.6 is 0 Å². The van der Waals surface area contributed by atoms with E-state index in [0.29, 0.717) is 23.9 Å². The van der Waals surface area contributed by atoms with Crippen LogP contribution in [0.1, 0.15) is 35.9 Å². The number of carbonyl (C=O) groups is 4. The molecule has 1 aliphatic heterocycles. The maximum atomic E-state index is 12.4. The molecule has 1 aromatic heterocycles. The molecule has 2 aliphatic rings.